The highest BCUT2D eigenvalue weighted by Gasteiger charge is 2.27. The Kier molecular flexibility index (Phi) is 7.42. The highest BCUT2D eigenvalue weighted by molar-refractivity contribution is 6.04. The average Bonchev–Trinajstić information content (AvgIpc) is 2.83. The van der Waals surface area contributed by atoms with Crippen molar-refractivity contribution in [3.63, 3.8) is 0 Å². The van der Waals surface area contributed by atoms with Crippen molar-refractivity contribution < 1.29 is 19.1 Å². The normalized spacial score (nSPS) is 10.3. The van der Waals surface area contributed by atoms with Crippen LogP contribution in [0.5, 0.6) is 0 Å². The molecule has 0 bridgehead atoms. The molecule has 0 aliphatic carbocycles. The van der Waals surface area contributed by atoms with Crippen molar-refractivity contribution in [1.82, 2.24) is 14.8 Å². The quantitative estimate of drug-likeness (QED) is 0.444. The number of hydrogen-bond acceptors (Lipinski definition) is 4. The summed E-state index contributed by atoms with van der Waals surface area (Å²) in [4.78, 5) is 38.4. The van der Waals surface area contributed by atoms with Gasteiger partial charge < -0.3 is 19.5 Å². The smallest absolute Gasteiger partial charge is 0.354 e. The summed E-state index contributed by atoms with van der Waals surface area (Å²) in [7, 11) is 1.31. The molecule has 7 nitrogen and oxygen atoms in total. The topological polar surface area (TPSA) is 80.6 Å². The third-order valence-corrected chi connectivity index (χ3v) is 4.04. The van der Waals surface area contributed by atoms with Gasteiger partial charge in [0.05, 0.1) is 13.7 Å². The van der Waals surface area contributed by atoms with Gasteiger partial charge in [0, 0.05) is 30.9 Å². The van der Waals surface area contributed by atoms with Gasteiger partial charge >= 0.3 is 12.0 Å². The SMILES string of the molecule is C=CCN(CC(=O)c1c(C)c(C(=O)OC)n(CC)c1C)C(=O)NCC. The molecule has 25 heavy (non-hydrogen) atoms. The van der Waals surface area contributed by atoms with Crippen LogP contribution in [0.15, 0.2) is 12.7 Å². The lowest BCUT2D eigenvalue weighted by Gasteiger charge is -2.20. The number of aromatic nitrogens is 1. The van der Waals surface area contributed by atoms with Gasteiger partial charge in [0.2, 0.25) is 0 Å². The summed E-state index contributed by atoms with van der Waals surface area (Å²) in [6, 6.07) is -0.325. The number of Topliss-reactive ketones (excluding diaryl/α,β-unsaturated/α-hetero) is 1. The monoisotopic (exact) mass is 349 g/mol. The molecule has 0 aliphatic heterocycles. The van der Waals surface area contributed by atoms with E-state index in [9.17, 15) is 14.4 Å². The van der Waals surface area contributed by atoms with Crippen LogP contribution in [0.1, 0.15) is 46.0 Å². The Labute approximate surface area is 148 Å². The van der Waals surface area contributed by atoms with Gasteiger partial charge in [-0.05, 0) is 33.3 Å². The second kappa shape index (κ2) is 9.05. The minimum absolute atomic E-state index is 0.0894. The number of rotatable bonds is 8. The zero-order chi connectivity index (χ0) is 19.1. The molecule has 1 rings (SSSR count). The Morgan fingerprint density at radius 1 is 1.28 bits per heavy atom. The minimum Gasteiger partial charge on any atom is -0.464 e. The van der Waals surface area contributed by atoms with E-state index in [0.29, 0.717) is 35.6 Å². The highest BCUT2D eigenvalue weighted by Crippen LogP contribution is 2.24. The van der Waals surface area contributed by atoms with Crippen LogP contribution < -0.4 is 5.32 Å². The van der Waals surface area contributed by atoms with Crippen molar-refractivity contribution in [3.05, 3.63) is 35.2 Å². The first-order chi connectivity index (χ1) is 11.8. The molecular weight excluding hydrogens is 322 g/mol. The van der Waals surface area contributed by atoms with Gasteiger partial charge in [-0.3, -0.25) is 4.79 Å². The Bertz CT molecular complexity index is 676. The molecular formula is C18H27N3O4. The minimum atomic E-state index is -0.479. The standard InChI is InChI=1S/C18H27N3O4/c1-7-10-20(18(24)19-8-2)11-14(22)15-12(4)16(17(23)25-6)21(9-3)13(15)5/h7H,1,8-11H2,2-6H3,(H,19,24). The van der Waals surface area contributed by atoms with E-state index in [4.69, 9.17) is 4.74 Å². The van der Waals surface area contributed by atoms with Gasteiger partial charge in [-0.2, -0.15) is 0 Å². The van der Waals surface area contributed by atoms with E-state index in [0.717, 1.165) is 0 Å². The number of nitrogens with one attached hydrogen (secondary N) is 1. The molecule has 1 aromatic rings. The van der Waals surface area contributed by atoms with Crippen LogP contribution in [0.4, 0.5) is 4.79 Å². The van der Waals surface area contributed by atoms with Crippen molar-refractivity contribution in [1.29, 1.82) is 0 Å². The van der Waals surface area contributed by atoms with Gasteiger partial charge in [0.25, 0.3) is 0 Å². The Morgan fingerprint density at radius 2 is 1.92 bits per heavy atom. The molecule has 0 radical (unpaired) electrons. The largest absolute Gasteiger partial charge is 0.464 e. The first-order valence-electron chi connectivity index (χ1n) is 8.28. The third-order valence-electron chi connectivity index (χ3n) is 4.04. The number of esters is 1. The van der Waals surface area contributed by atoms with E-state index in [1.54, 1.807) is 24.5 Å². The molecule has 1 heterocycles. The number of hydrogen-bond donors (Lipinski definition) is 1. The molecule has 1 aromatic heterocycles. The molecule has 138 valence electrons. The van der Waals surface area contributed by atoms with Crippen LogP contribution in [0.25, 0.3) is 0 Å². The van der Waals surface area contributed by atoms with E-state index in [2.05, 4.69) is 11.9 Å². The fourth-order valence-corrected chi connectivity index (χ4v) is 2.95. The van der Waals surface area contributed by atoms with E-state index in [1.165, 1.54) is 12.0 Å². The third kappa shape index (κ3) is 4.29. The predicted molar refractivity (Wildman–Crippen MR) is 96.1 cm³/mol. The van der Waals surface area contributed by atoms with Crippen molar-refractivity contribution in [2.24, 2.45) is 0 Å². The summed E-state index contributed by atoms with van der Waals surface area (Å²) in [5.41, 5.74) is 2.10. The van der Waals surface area contributed by atoms with Gasteiger partial charge in [-0.1, -0.05) is 6.08 Å². The first-order valence-corrected chi connectivity index (χ1v) is 8.28. The maximum absolute atomic E-state index is 12.9. The second-order valence-corrected chi connectivity index (χ2v) is 5.60. The second-order valence-electron chi connectivity index (χ2n) is 5.60. The highest BCUT2D eigenvalue weighted by atomic mass is 16.5. The molecule has 0 spiro atoms. The molecule has 0 unspecified atom stereocenters. The van der Waals surface area contributed by atoms with Crippen LogP contribution in [-0.2, 0) is 11.3 Å². The summed E-state index contributed by atoms with van der Waals surface area (Å²) in [6.45, 7) is 12.0. The molecule has 0 atom stereocenters. The van der Waals surface area contributed by atoms with E-state index in [1.807, 2.05) is 13.8 Å². The average molecular weight is 349 g/mol. The molecule has 1 N–H and O–H groups in total. The number of ether oxygens (including phenoxy) is 1. The van der Waals surface area contributed by atoms with Crippen molar-refractivity contribution >= 4 is 17.8 Å². The fourth-order valence-electron chi connectivity index (χ4n) is 2.95. The Morgan fingerprint density at radius 3 is 2.40 bits per heavy atom. The number of ketones is 1. The van der Waals surface area contributed by atoms with Gasteiger partial charge in [0.15, 0.2) is 5.78 Å². The van der Waals surface area contributed by atoms with Crippen LogP contribution in [-0.4, -0.2) is 54.0 Å². The summed E-state index contributed by atoms with van der Waals surface area (Å²) < 4.78 is 6.60. The van der Waals surface area contributed by atoms with Gasteiger partial charge in [-0.25, -0.2) is 9.59 Å². The zero-order valence-corrected chi connectivity index (χ0v) is 15.6. The molecule has 0 aromatic carbocycles. The summed E-state index contributed by atoms with van der Waals surface area (Å²) in [5, 5.41) is 2.68. The number of carbonyl (C=O) groups is 3. The molecule has 2 amide bonds. The number of urea groups is 1. The van der Waals surface area contributed by atoms with Gasteiger partial charge in [0.1, 0.15) is 5.69 Å². The van der Waals surface area contributed by atoms with E-state index >= 15 is 0 Å². The first kappa shape index (κ1) is 20.5. The summed E-state index contributed by atoms with van der Waals surface area (Å²) >= 11 is 0. The van der Waals surface area contributed by atoms with Crippen LogP contribution in [0, 0.1) is 13.8 Å². The van der Waals surface area contributed by atoms with Crippen LogP contribution in [0.2, 0.25) is 0 Å². The number of nitrogens with zero attached hydrogens (tertiary/aromatic N) is 2. The van der Waals surface area contributed by atoms with Crippen molar-refractivity contribution in [3.8, 4) is 0 Å². The number of carbonyl (C=O) groups excluding carboxylic acids is 3. The zero-order valence-electron chi connectivity index (χ0n) is 15.6. The lowest BCUT2D eigenvalue weighted by molar-refractivity contribution is 0.0587. The molecule has 0 aliphatic rings. The number of amides is 2. The van der Waals surface area contributed by atoms with Crippen LogP contribution >= 0.6 is 0 Å². The van der Waals surface area contributed by atoms with Gasteiger partial charge in [-0.15, -0.1) is 6.58 Å². The van der Waals surface area contributed by atoms with E-state index in [-0.39, 0.29) is 24.9 Å². The fraction of sp³-hybridized carbons (Fsp3) is 0.500. The lowest BCUT2D eigenvalue weighted by atomic mass is 10.1. The molecule has 7 heteroatoms. The summed E-state index contributed by atoms with van der Waals surface area (Å²) in [6.07, 6.45) is 1.57. The molecule has 0 saturated carbocycles. The summed E-state index contributed by atoms with van der Waals surface area (Å²) in [5.74, 6) is -0.700. The predicted octanol–water partition coefficient (Wildman–Crippen LogP) is 2.31. The maximum atomic E-state index is 12.9. The van der Waals surface area contributed by atoms with Crippen molar-refractivity contribution in [2.75, 3.05) is 26.7 Å². The Hall–Kier alpha value is -2.57. The van der Waals surface area contributed by atoms with E-state index < -0.39 is 5.97 Å². The Balaban J connectivity index is 3.24. The lowest BCUT2D eigenvalue weighted by Crippen LogP contribution is -2.42. The maximum Gasteiger partial charge on any atom is 0.354 e. The van der Waals surface area contributed by atoms with Crippen LogP contribution in [0.3, 0.4) is 0 Å². The molecule has 0 fully saturated rings. The molecule has 0 saturated heterocycles. The number of methoxy groups -OCH3 is 1. The van der Waals surface area contributed by atoms with Crippen molar-refractivity contribution in [2.45, 2.75) is 34.2 Å².